The summed E-state index contributed by atoms with van der Waals surface area (Å²) < 4.78 is 22.3. The van der Waals surface area contributed by atoms with E-state index in [-0.39, 0.29) is 11.8 Å². The predicted molar refractivity (Wildman–Crippen MR) is 80.3 cm³/mol. The van der Waals surface area contributed by atoms with E-state index in [0.29, 0.717) is 6.42 Å². The third kappa shape index (κ3) is 3.98. The van der Waals surface area contributed by atoms with Gasteiger partial charge in [-0.25, -0.2) is 13.4 Å². The Morgan fingerprint density at radius 3 is 2.60 bits per heavy atom. The van der Waals surface area contributed by atoms with E-state index in [2.05, 4.69) is 15.3 Å². The topological polar surface area (TPSA) is 72.0 Å². The SMILES string of the molecule is CNC(CCCS(C)(=O)=O)c1cnc2ccccc2n1. The fourth-order valence-electron chi connectivity index (χ4n) is 2.13. The number of fused-ring (bicyclic) bond motifs is 1. The monoisotopic (exact) mass is 293 g/mol. The number of hydrogen-bond donors (Lipinski definition) is 1. The highest BCUT2D eigenvalue weighted by atomic mass is 32.2. The summed E-state index contributed by atoms with van der Waals surface area (Å²) in [5.74, 6) is 0.201. The van der Waals surface area contributed by atoms with Crippen molar-refractivity contribution >= 4 is 20.9 Å². The lowest BCUT2D eigenvalue weighted by Gasteiger charge is -2.15. The van der Waals surface area contributed by atoms with Crippen LogP contribution in [0.25, 0.3) is 11.0 Å². The van der Waals surface area contributed by atoms with Gasteiger partial charge in [0.05, 0.1) is 29.0 Å². The molecule has 5 nitrogen and oxygen atoms in total. The molecule has 108 valence electrons. The highest BCUT2D eigenvalue weighted by Crippen LogP contribution is 2.18. The summed E-state index contributed by atoms with van der Waals surface area (Å²) in [7, 11) is -1.06. The Morgan fingerprint density at radius 1 is 1.25 bits per heavy atom. The zero-order valence-electron chi connectivity index (χ0n) is 11.7. The van der Waals surface area contributed by atoms with Crippen molar-refractivity contribution in [2.75, 3.05) is 19.1 Å². The number of aromatic nitrogens is 2. The highest BCUT2D eigenvalue weighted by Gasteiger charge is 2.13. The van der Waals surface area contributed by atoms with Crippen molar-refractivity contribution in [3.05, 3.63) is 36.2 Å². The van der Waals surface area contributed by atoms with Crippen LogP contribution in [0.4, 0.5) is 0 Å². The molecule has 6 heteroatoms. The smallest absolute Gasteiger partial charge is 0.147 e. The fraction of sp³-hybridized carbons (Fsp3) is 0.429. The van der Waals surface area contributed by atoms with Crippen molar-refractivity contribution in [3.63, 3.8) is 0 Å². The number of rotatable bonds is 6. The van der Waals surface area contributed by atoms with Crippen LogP contribution in [0.15, 0.2) is 30.5 Å². The summed E-state index contributed by atoms with van der Waals surface area (Å²) in [5.41, 5.74) is 2.57. The van der Waals surface area contributed by atoms with Gasteiger partial charge in [-0.1, -0.05) is 12.1 Å². The predicted octanol–water partition coefficient (Wildman–Crippen LogP) is 1.72. The number of para-hydroxylation sites is 2. The van der Waals surface area contributed by atoms with Gasteiger partial charge in [-0.15, -0.1) is 0 Å². The molecule has 1 N–H and O–H groups in total. The summed E-state index contributed by atoms with van der Waals surface area (Å²) in [5, 5.41) is 3.17. The third-order valence-electron chi connectivity index (χ3n) is 3.18. The Balaban J connectivity index is 2.12. The molecular formula is C14H19N3O2S. The molecule has 0 saturated carbocycles. The summed E-state index contributed by atoms with van der Waals surface area (Å²) in [4.78, 5) is 8.97. The first kappa shape index (κ1) is 14.9. The maximum absolute atomic E-state index is 11.2. The number of nitrogens with one attached hydrogen (secondary N) is 1. The van der Waals surface area contributed by atoms with Crippen LogP contribution < -0.4 is 5.32 Å². The van der Waals surface area contributed by atoms with E-state index in [0.717, 1.165) is 23.1 Å². The van der Waals surface area contributed by atoms with Crippen molar-refractivity contribution in [3.8, 4) is 0 Å². The minimum absolute atomic E-state index is 0.0221. The molecule has 2 rings (SSSR count). The zero-order chi connectivity index (χ0) is 14.6. The van der Waals surface area contributed by atoms with Gasteiger partial charge >= 0.3 is 0 Å². The Morgan fingerprint density at radius 2 is 1.95 bits per heavy atom. The molecule has 0 aliphatic carbocycles. The molecule has 1 unspecified atom stereocenters. The molecule has 1 atom stereocenters. The molecule has 1 aromatic heterocycles. The largest absolute Gasteiger partial charge is 0.312 e. The van der Waals surface area contributed by atoms with E-state index in [4.69, 9.17) is 0 Å². The van der Waals surface area contributed by atoms with Crippen molar-refractivity contribution in [1.29, 1.82) is 0 Å². The number of hydrogen-bond acceptors (Lipinski definition) is 5. The standard InChI is InChI=1S/C14H19N3O2S/c1-15-11(8-5-9-20(2,18)19)14-10-16-12-6-3-4-7-13(12)17-14/h3-4,6-7,10-11,15H,5,8-9H2,1-2H3. The van der Waals surface area contributed by atoms with Gasteiger partial charge < -0.3 is 5.32 Å². The summed E-state index contributed by atoms with van der Waals surface area (Å²) >= 11 is 0. The minimum Gasteiger partial charge on any atom is -0.312 e. The lowest BCUT2D eigenvalue weighted by atomic mass is 10.1. The lowest BCUT2D eigenvalue weighted by molar-refractivity contribution is 0.524. The second-order valence-electron chi connectivity index (χ2n) is 4.90. The third-order valence-corrected chi connectivity index (χ3v) is 4.21. The van der Waals surface area contributed by atoms with Crippen LogP contribution >= 0.6 is 0 Å². The number of nitrogens with zero attached hydrogens (tertiary/aromatic N) is 2. The van der Waals surface area contributed by atoms with Crippen molar-refractivity contribution in [1.82, 2.24) is 15.3 Å². The van der Waals surface area contributed by atoms with Crippen LogP contribution in [0.2, 0.25) is 0 Å². The van der Waals surface area contributed by atoms with E-state index in [1.54, 1.807) is 6.20 Å². The fourth-order valence-corrected chi connectivity index (χ4v) is 2.82. The van der Waals surface area contributed by atoms with Crippen molar-refractivity contribution in [2.45, 2.75) is 18.9 Å². The second kappa shape index (κ2) is 6.28. The average molecular weight is 293 g/mol. The number of sulfone groups is 1. The zero-order valence-corrected chi connectivity index (χ0v) is 12.5. The molecule has 20 heavy (non-hydrogen) atoms. The van der Waals surface area contributed by atoms with E-state index in [1.807, 2.05) is 31.3 Å². The second-order valence-corrected chi connectivity index (χ2v) is 7.16. The summed E-state index contributed by atoms with van der Waals surface area (Å²) in [6.45, 7) is 0. The van der Waals surface area contributed by atoms with Crippen LogP contribution in [0.1, 0.15) is 24.6 Å². The molecule has 0 bridgehead atoms. The average Bonchev–Trinajstić information content (AvgIpc) is 2.42. The molecule has 2 aromatic rings. The Hall–Kier alpha value is -1.53. The Bertz CT molecular complexity index is 686. The first-order chi connectivity index (χ1) is 9.49. The molecule has 0 amide bonds. The van der Waals surface area contributed by atoms with Gasteiger partial charge in [0.15, 0.2) is 0 Å². The molecule has 1 heterocycles. The van der Waals surface area contributed by atoms with Crippen molar-refractivity contribution in [2.24, 2.45) is 0 Å². The Labute approximate surface area is 119 Å². The lowest BCUT2D eigenvalue weighted by Crippen LogP contribution is -2.19. The molecule has 0 aliphatic heterocycles. The normalized spacial score (nSPS) is 13.5. The summed E-state index contributed by atoms with van der Waals surface area (Å²) in [6.07, 6.45) is 4.34. The first-order valence-electron chi connectivity index (χ1n) is 6.56. The van der Waals surface area contributed by atoms with Gasteiger partial charge in [-0.05, 0) is 32.0 Å². The van der Waals surface area contributed by atoms with Gasteiger partial charge in [0.1, 0.15) is 9.84 Å². The minimum atomic E-state index is -2.91. The van der Waals surface area contributed by atoms with Crippen LogP contribution in [-0.4, -0.2) is 37.4 Å². The van der Waals surface area contributed by atoms with E-state index in [9.17, 15) is 8.42 Å². The maximum atomic E-state index is 11.2. The van der Waals surface area contributed by atoms with Gasteiger partial charge in [-0.3, -0.25) is 4.98 Å². The van der Waals surface area contributed by atoms with E-state index in [1.165, 1.54) is 6.26 Å². The van der Waals surface area contributed by atoms with Crippen LogP contribution in [0, 0.1) is 0 Å². The first-order valence-corrected chi connectivity index (χ1v) is 8.62. The van der Waals surface area contributed by atoms with E-state index < -0.39 is 9.84 Å². The molecule has 0 spiro atoms. The Kier molecular flexibility index (Phi) is 4.67. The summed E-state index contributed by atoms with van der Waals surface area (Å²) in [6, 6.07) is 7.73. The molecule has 0 aliphatic rings. The van der Waals surface area contributed by atoms with Gasteiger partial charge in [0, 0.05) is 12.0 Å². The molecule has 0 fully saturated rings. The van der Waals surface area contributed by atoms with E-state index >= 15 is 0 Å². The molecule has 1 aromatic carbocycles. The highest BCUT2D eigenvalue weighted by molar-refractivity contribution is 7.90. The molecular weight excluding hydrogens is 274 g/mol. The quantitative estimate of drug-likeness (QED) is 0.878. The van der Waals surface area contributed by atoms with Crippen LogP contribution in [0.3, 0.4) is 0 Å². The van der Waals surface area contributed by atoms with Gasteiger partial charge in [-0.2, -0.15) is 0 Å². The molecule has 0 saturated heterocycles. The van der Waals surface area contributed by atoms with Crippen LogP contribution in [-0.2, 0) is 9.84 Å². The maximum Gasteiger partial charge on any atom is 0.147 e. The van der Waals surface area contributed by atoms with Crippen LogP contribution in [0.5, 0.6) is 0 Å². The number of benzene rings is 1. The van der Waals surface area contributed by atoms with Crippen molar-refractivity contribution < 1.29 is 8.42 Å². The molecule has 0 radical (unpaired) electrons. The van der Waals surface area contributed by atoms with Gasteiger partial charge in [0.2, 0.25) is 0 Å². The van der Waals surface area contributed by atoms with Gasteiger partial charge in [0.25, 0.3) is 0 Å².